The number of carbonyl (C=O) groups is 3. The maximum atomic E-state index is 14.8. The number of carbonyl (C=O) groups excluding carboxylic acids is 3. The van der Waals surface area contributed by atoms with Crippen molar-refractivity contribution in [2.75, 3.05) is 31.2 Å². The van der Waals surface area contributed by atoms with E-state index in [1.54, 1.807) is 33.7 Å². The summed E-state index contributed by atoms with van der Waals surface area (Å²) in [6, 6.07) is 5.31. The van der Waals surface area contributed by atoms with Crippen molar-refractivity contribution in [2.24, 2.45) is 17.8 Å². The number of unbranched alkanes of at least 4 members (excludes halogenated alkanes) is 4. The number of aliphatic hydroxyl groups excluding tert-OH is 1. The van der Waals surface area contributed by atoms with Crippen molar-refractivity contribution in [3.8, 4) is 0 Å². The Hall–Kier alpha value is -2.58. The fourth-order valence-electron chi connectivity index (χ4n) is 7.35. The van der Waals surface area contributed by atoms with Crippen LogP contribution in [0.5, 0.6) is 0 Å². The van der Waals surface area contributed by atoms with Crippen LogP contribution in [0.15, 0.2) is 43.5 Å². The topological polar surface area (TPSA) is 87.2 Å². The van der Waals surface area contributed by atoms with Crippen molar-refractivity contribution in [3.63, 3.8) is 0 Å². The molecular formula is C33H46N2O5S. The average molecular weight is 583 g/mol. The molecule has 3 aliphatic rings. The molecule has 0 aliphatic carbocycles. The maximum Gasteiger partial charge on any atom is 0.310 e. The molecule has 3 fully saturated rings. The third-order valence-corrected chi connectivity index (χ3v) is 11.2. The van der Waals surface area contributed by atoms with E-state index in [1.165, 1.54) is 0 Å². The molecule has 3 aliphatic heterocycles. The Morgan fingerprint density at radius 2 is 1.85 bits per heavy atom. The lowest BCUT2D eigenvalue weighted by Gasteiger charge is -2.41. The molecule has 4 rings (SSSR count). The highest BCUT2D eigenvalue weighted by Crippen LogP contribution is 2.69. The molecule has 8 heteroatoms. The normalized spacial score (nSPS) is 28.0. The quantitative estimate of drug-likeness (QED) is 0.173. The number of para-hydroxylation sites is 1. The third-order valence-electron chi connectivity index (χ3n) is 9.14. The van der Waals surface area contributed by atoms with Crippen LogP contribution in [-0.2, 0) is 19.1 Å². The molecule has 2 bridgehead atoms. The van der Waals surface area contributed by atoms with Crippen LogP contribution < -0.4 is 4.90 Å². The molecule has 0 radical (unpaired) electrons. The van der Waals surface area contributed by atoms with E-state index < -0.39 is 22.6 Å². The van der Waals surface area contributed by atoms with Gasteiger partial charge in [0.25, 0.3) is 5.91 Å². The smallest absolute Gasteiger partial charge is 0.310 e. The molecule has 41 heavy (non-hydrogen) atoms. The van der Waals surface area contributed by atoms with E-state index in [2.05, 4.69) is 20.1 Å². The Bertz CT molecular complexity index is 1130. The highest BCUT2D eigenvalue weighted by atomic mass is 32.2. The van der Waals surface area contributed by atoms with Crippen LogP contribution in [-0.4, -0.2) is 70.1 Å². The van der Waals surface area contributed by atoms with Gasteiger partial charge in [-0.05, 0) is 63.0 Å². The van der Waals surface area contributed by atoms with Gasteiger partial charge in [0.2, 0.25) is 5.91 Å². The predicted octanol–water partition coefficient (Wildman–Crippen LogP) is 5.22. The number of amides is 2. The van der Waals surface area contributed by atoms with Crippen LogP contribution in [0, 0.1) is 31.6 Å². The highest BCUT2D eigenvalue weighted by Gasteiger charge is 2.76. The summed E-state index contributed by atoms with van der Waals surface area (Å²) in [6.45, 7) is 15.1. The van der Waals surface area contributed by atoms with E-state index in [0.717, 1.165) is 55.3 Å². The van der Waals surface area contributed by atoms with Crippen LogP contribution in [0.4, 0.5) is 5.69 Å². The number of hydrogen-bond acceptors (Lipinski definition) is 6. The summed E-state index contributed by atoms with van der Waals surface area (Å²) in [4.78, 5) is 46.3. The minimum absolute atomic E-state index is 0.0408. The fourth-order valence-corrected chi connectivity index (χ4v) is 9.76. The molecule has 1 N–H and O–H groups in total. The Kier molecular flexibility index (Phi) is 10.4. The first-order valence-corrected chi connectivity index (χ1v) is 16.0. The molecule has 224 valence electrons. The number of allylic oxidation sites excluding steroid dienone is 1. The van der Waals surface area contributed by atoms with Crippen LogP contribution in [0.1, 0.15) is 63.0 Å². The van der Waals surface area contributed by atoms with Gasteiger partial charge in [0, 0.05) is 30.6 Å². The molecule has 3 saturated heterocycles. The van der Waals surface area contributed by atoms with Crippen molar-refractivity contribution in [3.05, 3.63) is 54.6 Å². The molecule has 6 atom stereocenters. The average Bonchev–Trinajstić information content (AvgIpc) is 3.53. The predicted molar refractivity (Wildman–Crippen MR) is 165 cm³/mol. The van der Waals surface area contributed by atoms with Crippen molar-refractivity contribution in [1.29, 1.82) is 0 Å². The molecule has 7 nitrogen and oxygen atoms in total. The zero-order valence-electron chi connectivity index (χ0n) is 24.8. The summed E-state index contributed by atoms with van der Waals surface area (Å²) in [5, 5.41) is 9.16. The summed E-state index contributed by atoms with van der Waals surface area (Å²) in [7, 11) is 0. The van der Waals surface area contributed by atoms with Gasteiger partial charge >= 0.3 is 5.97 Å². The minimum Gasteiger partial charge on any atom is -0.465 e. The van der Waals surface area contributed by atoms with Gasteiger partial charge in [0.15, 0.2) is 0 Å². The first-order valence-electron chi connectivity index (χ1n) is 15.1. The number of likely N-dealkylation sites (tertiary alicyclic amines) is 1. The number of aryl methyl sites for hydroxylation is 2. The zero-order valence-corrected chi connectivity index (χ0v) is 25.7. The fraction of sp³-hybridized carbons (Fsp3) is 0.606. The molecule has 1 aromatic rings. The number of esters is 1. The van der Waals surface area contributed by atoms with E-state index in [-0.39, 0.29) is 35.6 Å². The summed E-state index contributed by atoms with van der Waals surface area (Å²) in [5.74, 6) is -1.55. The summed E-state index contributed by atoms with van der Waals surface area (Å²) in [5.41, 5.74) is 2.84. The van der Waals surface area contributed by atoms with Gasteiger partial charge in [-0.2, -0.15) is 0 Å². The Labute approximate surface area is 249 Å². The summed E-state index contributed by atoms with van der Waals surface area (Å²) < 4.78 is 5.02. The lowest BCUT2D eigenvalue weighted by molar-refractivity contribution is -0.154. The molecule has 2 amide bonds. The number of nitrogens with zero attached hydrogens (tertiary/aromatic N) is 2. The Morgan fingerprint density at radius 1 is 1.15 bits per heavy atom. The largest absolute Gasteiger partial charge is 0.465 e. The van der Waals surface area contributed by atoms with Crippen molar-refractivity contribution < 1.29 is 24.2 Å². The second-order valence-corrected chi connectivity index (χ2v) is 13.3. The number of aliphatic hydroxyl groups is 1. The van der Waals surface area contributed by atoms with E-state index in [4.69, 9.17) is 4.74 Å². The lowest BCUT2D eigenvalue weighted by Crippen LogP contribution is -2.57. The van der Waals surface area contributed by atoms with Crippen LogP contribution in [0.2, 0.25) is 0 Å². The third kappa shape index (κ3) is 5.74. The van der Waals surface area contributed by atoms with Gasteiger partial charge in [0.1, 0.15) is 6.04 Å². The van der Waals surface area contributed by atoms with Crippen molar-refractivity contribution in [2.45, 2.75) is 81.8 Å². The van der Waals surface area contributed by atoms with Crippen molar-refractivity contribution >= 4 is 35.2 Å². The number of anilines is 1. The standard InChI is InChI=1S/C33H46N2O5S/c1-6-8-13-20-40-32(39)26-25-21-24(5)33(41-25)27(26)30(37)35(18-11-9-10-12-19-36)29(33)31(38)34(17-7-2)28-22(3)15-14-16-23(28)4/h6-7,14-16,24-27,29,36H,1-2,8-13,17-21H2,3-5H3/t24?,25-,26+,27-,29?,33?/m0/s1. The second-order valence-electron chi connectivity index (χ2n) is 11.8. The molecule has 0 aromatic heterocycles. The molecule has 0 saturated carbocycles. The Balaban J connectivity index is 1.72. The SMILES string of the molecule is C=CCCCOC(=O)[C@@H]1[C@@H]2CC(C)C3(S2)C(C(=O)N(CC=C)c2c(C)cccc2C)N(CCCCCCO)C(=O)[C@H]13. The van der Waals surface area contributed by atoms with E-state index in [9.17, 15) is 19.5 Å². The van der Waals surface area contributed by atoms with Gasteiger partial charge in [-0.3, -0.25) is 14.4 Å². The Morgan fingerprint density at radius 3 is 2.51 bits per heavy atom. The molecule has 3 unspecified atom stereocenters. The maximum absolute atomic E-state index is 14.8. The number of hydrogen-bond donors (Lipinski definition) is 1. The van der Waals surface area contributed by atoms with Gasteiger partial charge < -0.3 is 19.6 Å². The van der Waals surface area contributed by atoms with E-state index in [1.807, 2.05) is 32.0 Å². The van der Waals surface area contributed by atoms with E-state index in [0.29, 0.717) is 26.1 Å². The van der Waals surface area contributed by atoms with Gasteiger partial charge in [0.05, 0.1) is 23.2 Å². The summed E-state index contributed by atoms with van der Waals surface area (Å²) >= 11 is 1.68. The number of ether oxygens (including phenoxy) is 1. The first-order chi connectivity index (χ1) is 19.7. The first kappa shape index (κ1) is 31.4. The van der Waals surface area contributed by atoms with Crippen LogP contribution in [0.25, 0.3) is 0 Å². The summed E-state index contributed by atoms with van der Waals surface area (Å²) in [6.07, 6.45) is 8.96. The second kappa shape index (κ2) is 13.6. The van der Waals surface area contributed by atoms with E-state index >= 15 is 0 Å². The number of benzene rings is 1. The lowest BCUT2D eigenvalue weighted by atomic mass is 9.66. The molecule has 3 heterocycles. The zero-order chi connectivity index (χ0) is 29.7. The monoisotopic (exact) mass is 582 g/mol. The van der Waals surface area contributed by atoms with Crippen LogP contribution >= 0.6 is 11.8 Å². The molecule has 1 aromatic carbocycles. The minimum atomic E-state index is -0.690. The number of rotatable bonds is 15. The number of thioether (sulfide) groups is 1. The van der Waals surface area contributed by atoms with Gasteiger partial charge in [-0.25, -0.2) is 0 Å². The van der Waals surface area contributed by atoms with Gasteiger partial charge in [-0.1, -0.05) is 50.1 Å². The molecular weight excluding hydrogens is 536 g/mol. The number of fused-ring (bicyclic) bond motifs is 1. The van der Waals surface area contributed by atoms with Crippen molar-refractivity contribution in [1.82, 2.24) is 4.90 Å². The highest BCUT2D eigenvalue weighted by molar-refractivity contribution is 8.02. The van der Waals surface area contributed by atoms with Crippen LogP contribution in [0.3, 0.4) is 0 Å². The van der Waals surface area contributed by atoms with Gasteiger partial charge in [-0.15, -0.1) is 24.9 Å². The molecule has 1 spiro atoms.